The van der Waals surface area contributed by atoms with Gasteiger partial charge in [-0.3, -0.25) is 4.79 Å². The number of nitriles is 1. The zero-order chi connectivity index (χ0) is 10.9. The van der Waals surface area contributed by atoms with Gasteiger partial charge < -0.3 is 4.98 Å². The molecule has 0 unspecified atom stereocenters. The van der Waals surface area contributed by atoms with Crippen LogP contribution in [0.4, 0.5) is 13.2 Å². The van der Waals surface area contributed by atoms with Crippen LogP contribution in [-0.4, -0.2) is 9.97 Å². The van der Waals surface area contributed by atoms with Gasteiger partial charge in [-0.2, -0.15) is 18.4 Å². The number of aromatic nitrogens is 2. The van der Waals surface area contributed by atoms with E-state index >= 15 is 0 Å². The van der Waals surface area contributed by atoms with Gasteiger partial charge in [-0.05, 0) is 6.92 Å². The highest BCUT2D eigenvalue weighted by molar-refractivity contribution is 5.30. The Kier molecular flexibility index (Phi) is 2.30. The van der Waals surface area contributed by atoms with Gasteiger partial charge in [-0.25, -0.2) is 4.98 Å². The molecule has 1 heterocycles. The van der Waals surface area contributed by atoms with Crippen LogP contribution in [-0.2, 0) is 6.18 Å². The Morgan fingerprint density at radius 1 is 1.50 bits per heavy atom. The van der Waals surface area contributed by atoms with Crippen molar-refractivity contribution in [2.75, 3.05) is 0 Å². The summed E-state index contributed by atoms with van der Waals surface area (Å²) in [4.78, 5) is 15.5. The first-order chi connectivity index (χ1) is 6.36. The molecule has 1 rings (SSSR count). The van der Waals surface area contributed by atoms with Crippen LogP contribution in [0.2, 0.25) is 0 Å². The predicted molar refractivity (Wildman–Crippen MR) is 39.3 cm³/mol. The summed E-state index contributed by atoms with van der Waals surface area (Å²) in [5.41, 5.74) is -1.71. The van der Waals surface area contributed by atoms with Crippen molar-refractivity contribution in [1.29, 1.82) is 5.26 Å². The first kappa shape index (κ1) is 10.2. The van der Waals surface area contributed by atoms with Gasteiger partial charge in [0.05, 0.1) is 5.69 Å². The maximum absolute atomic E-state index is 12.1. The number of rotatable bonds is 0. The molecule has 7 heteroatoms. The SMILES string of the molecule is Cc1nc(C(F)(F)F)[nH]c(=O)c1C#N. The number of hydrogen-bond donors (Lipinski definition) is 1. The van der Waals surface area contributed by atoms with Crippen LogP contribution < -0.4 is 5.56 Å². The first-order valence-corrected chi connectivity index (χ1v) is 3.44. The third kappa shape index (κ3) is 1.74. The molecule has 0 aliphatic rings. The Morgan fingerprint density at radius 3 is 2.43 bits per heavy atom. The summed E-state index contributed by atoms with van der Waals surface area (Å²) in [6.07, 6.45) is -4.71. The number of alkyl halides is 3. The Morgan fingerprint density at radius 2 is 2.07 bits per heavy atom. The zero-order valence-corrected chi connectivity index (χ0v) is 6.94. The molecule has 0 saturated carbocycles. The Hall–Kier alpha value is -1.84. The van der Waals surface area contributed by atoms with E-state index in [1.807, 2.05) is 0 Å². The van der Waals surface area contributed by atoms with Crippen molar-refractivity contribution >= 4 is 0 Å². The quantitative estimate of drug-likeness (QED) is 0.682. The first-order valence-electron chi connectivity index (χ1n) is 3.44. The van der Waals surface area contributed by atoms with E-state index in [4.69, 9.17) is 5.26 Å². The van der Waals surface area contributed by atoms with Crippen LogP contribution in [0.3, 0.4) is 0 Å². The molecule has 1 aromatic heterocycles. The largest absolute Gasteiger partial charge is 0.449 e. The van der Waals surface area contributed by atoms with Gasteiger partial charge in [-0.1, -0.05) is 0 Å². The van der Waals surface area contributed by atoms with Crippen molar-refractivity contribution < 1.29 is 13.2 Å². The highest BCUT2D eigenvalue weighted by Gasteiger charge is 2.34. The van der Waals surface area contributed by atoms with Crippen LogP contribution in [0, 0.1) is 18.3 Å². The lowest BCUT2D eigenvalue weighted by Crippen LogP contribution is -2.22. The lowest BCUT2D eigenvalue weighted by Gasteiger charge is -2.05. The van der Waals surface area contributed by atoms with E-state index < -0.39 is 23.1 Å². The van der Waals surface area contributed by atoms with Crippen molar-refractivity contribution in [3.63, 3.8) is 0 Å². The second-order valence-corrected chi connectivity index (χ2v) is 2.48. The number of nitrogens with one attached hydrogen (secondary N) is 1. The van der Waals surface area contributed by atoms with Gasteiger partial charge in [-0.15, -0.1) is 0 Å². The summed E-state index contributed by atoms with van der Waals surface area (Å²) in [5, 5.41) is 8.40. The monoisotopic (exact) mass is 203 g/mol. The molecule has 0 aliphatic carbocycles. The van der Waals surface area contributed by atoms with Crippen LogP contribution in [0.1, 0.15) is 17.1 Å². The maximum Gasteiger partial charge on any atom is 0.449 e. The van der Waals surface area contributed by atoms with Crippen LogP contribution in [0.25, 0.3) is 0 Å². The average molecular weight is 203 g/mol. The highest BCUT2D eigenvalue weighted by atomic mass is 19.4. The minimum absolute atomic E-state index is 0.233. The van der Waals surface area contributed by atoms with E-state index in [1.165, 1.54) is 18.0 Å². The van der Waals surface area contributed by atoms with Crippen molar-refractivity contribution in [3.05, 3.63) is 27.4 Å². The van der Waals surface area contributed by atoms with E-state index in [2.05, 4.69) is 4.98 Å². The number of halogens is 3. The maximum atomic E-state index is 12.1. The fourth-order valence-electron chi connectivity index (χ4n) is 0.852. The van der Waals surface area contributed by atoms with Gasteiger partial charge in [0.1, 0.15) is 11.6 Å². The van der Waals surface area contributed by atoms with E-state index in [0.29, 0.717) is 0 Å². The van der Waals surface area contributed by atoms with Crippen LogP contribution >= 0.6 is 0 Å². The lowest BCUT2D eigenvalue weighted by molar-refractivity contribution is -0.145. The Balaban J connectivity index is 3.45. The number of nitrogens with zero attached hydrogens (tertiary/aromatic N) is 2. The van der Waals surface area contributed by atoms with Crippen molar-refractivity contribution in [1.82, 2.24) is 9.97 Å². The minimum Gasteiger partial charge on any atom is -0.302 e. The van der Waals surface area contributed by atoms with Gasteiger partial charge in [0.2, 0.25) is 5.82 Å². The van der Waals surface area contributed by atoms with E-state index in [0.717, 1.165) is 0 Å². The molecule has 0 bridgehead atoms. The molecule has 0 radical (unpaired) electrons. The molecule has 0 atom stereocenters. The number of aryl methyl sites for hydroxylation is 1. The standard InChI is InChI=1S/C7H4F3N3O/c1-3-4(2-11)5(14)13-6(12-3)7(8,9)10/h1H3,(H,12,13,14). The molecular weight excluding hydrogens is 199 g/mol. The summed E-state index contributed by atoms with van der Waals surface area (Å²) in [6.45, 7) is 1.17. The summed E-state index contributed by atoms with van der Waals surface area (Å²) < 4.78 is 36.2. The molecule has 1 aromatic rings. The fraction of sp³-hybridized carbons (Fsp3) is 0.286. The van der Waals surface area contributed by atoms with E-state index in [9.17, 15) is 18.0 Å². The Bertz CT molecular complexity index is 455. The third-order valence-corrected chi connectivity index (χ3v) is 1.48. The molecule has 0 saturated heterocycles. The molecular formula is C7H4F3N3O. The zero-order valence-electron chi connectivity index (χ0n) is 6.94. The highest BCUT2D eigenvalue weighted by Crippen LogP contribution is 2.25. The van der Waals surface area contributed by atoms with Gasteiger partial charge >= 0.3 is 6.18 Å². The molecule has 1 N–H and O–H groups in total. The van der Waals surface area contributed by atoms with Crippen LogP contribution in [0.5, 0.6) is 0 Å². The molecule has 0 aliphatic heterocycles. The predicted octanol–water partition coefficient (Wildman–Crippen LogP) is 0.969. The van der Waals surface area contributed by atoms with Crippen molar-refractivity contribution in [3.8, 4) is 6.07 Å². The summed E-state index contributed by atoms with van der Waals surface area (Å²) in [5.74, 6) is -1.39. The Labute approximate surface area is 76.0 Å². The van der Waals surface area contributed by atoms with Crippen molar-refractivity contribution in [2.45, 2.75) is 13.1 Å². The lowest BCUT2D eigenvalue weighted by atomic mass is 10.2. The third-order valence-electron chi connectivity index (χ3n) is 1.48. The molecule has 0 fully saturated rings. The van der Waals surface area contributed by atoms with Crippen LogP contribution in [0.15, 0.2) is 4.79 Å². The molecule has 0 aromatic carbocycles. The fourth-order valence-corrected chi connectivity index (χ4v) is 0.852. The second-order valence-electron chi connectivity index (χ2n) is 2.48. The summed E-state index contributed by atoms with van der Waals surface area (Å²) in [7, 11) is 0. The van der Waals surface area contributed by atoms with Crippen molar-refractivity contribution in [2.24, 2.45) is 0 Å². The molecule has 14 heavy (non-hydrogen) atoms. The number of hydrogen-bond acceptors (Lipinski definition) is 3. The smallest absolute Gasteiger partial charge is 0.302 e. The van der Waals surface area contributed by atoms with E-state index in [1.54, 1.807) is 0 Å². The van der Waals surface area contributed by atoms with Gasteiger partial charge in [0, 0.05) is 0 Å². The number of aromatic amines is 1. The molecule has 0 amide bonds. The average Bonchev–Trinajstić information content (AvgIpc) is 2.01. The minimum atomic E-state index is -4.71. The second kappa shape index (κ2) is 3.14. The molecule has 4 nitrogen and oxygen atoms in total. The molecule has 74 valence electrons. The van der Waals surface area contributed by atoms with Gasteiger partial charge in [0.15, 0.2) is 0 Å². The van der Waals surface area contributed by atoms with E-state index in [-0.39, 0.29) is 5.69 Å². The molecule has 0 spiro atoms. The summed E-state index contributed by atoms with van der Waals surface area (Å²) >= 11 is 0. The van der Waals surface area contributed by atoms with Gasteiger partial charge in [0.25, 0.3) is 5.56 Å². The number of H-pyrrole nitrogens is 1. The topological polar surface area (TPSA) is 69.5 Å². The normalized spacial score (nSPS) is 11.1. The summed E-state index contributed by atoms with van der Waals surface area (Å²) in [6, 6.07) is 1.47.